The summed E-state index contributed by atoms with van der Waals surface area (Å²) in [5.74, 6) is 2.73. The number of carbonyl (C=O) groups excluding carboxylic acids is 1. The molecule has 6 nitrogen and oxygen atoms in total. The van der Waals surface area contributed by atoms with Crippen LogP contribution in [0.4, 0.5) is 0 Å². The maximum Gasteiger partial charge on any atom is 0.220 e. The highest BCUT2D eigenvalue weighted by atomic mass is 16.3. The molecular formula is C19H26N4O2. The second kappa shape index (κ2) is 6.67. The van der Waals surface area contributed by atoms with Crippen LogP contribution in [0.3, 0.4) is 0 Å². The Morgan fingerprint density at radius 2 is 2.28 bits per heavy atom. The molecule has 25 heavy (non-hydrogen) atoms. The van der Waals surface area contributed by atoms with Gasteiger partial charge >= 0.3 is 0 Å². The van der Waals surface area contributed by atoms with Crippen LogP contribution in [-0.2, 0) is 17.9 Å². The lowest BCUT2D eigenvalue weighted by molar-refractivity contribution is -0.133. The highest BCUT2D eigenvalue weighted by molar-refractivity contribution is 5.74. The van der Waals surface area contributed by atoms with Crippen molar-refractivity contribution in [1.29, 1.82) is 0 Å². The quantitative estimate of drug-likeness (QED) is 0.855. The molecule has 0 N–H and O–H groups in total. The van der Waals surface area contributed by atoms with Gasteiger partial charge in [0.2, 0.25) is 5.91 Å². The van der Waals surface area contributed by atoms with Crippen LogP contribution in [0.2, 0.25) is 0 Å². The third-order valence-corrected chi connectivity index (χ3v) is 5.60. The van der Waals surface area contributed by atoms with E-state index in [2.05, 4.69) is 21.0 Å². The lowest BCUT2D eigenvalue weighted by atomic mass is 9.92. The number of carbonyl (C=O) groups is 1. The van der Waals surface area contributed by atoms with Crippen LogP contribution < -0.4 is 0 Å². The number of aromatic nitrogens is 2. The van der Waals surface area contributed by atoms with E-state index >= 15 is 0 Å². The van der Waals surface area contributed by atoms with Crippen molar-refractivity contribution < 1.29 is 9.21 Å². The van der Waals surface area contributed by atoms with Gasteiger partial charge in [0.1, 0.15) is 11.5 Å². The summed E-state index contributed by atoms with van der Waals surface area (Å²) in [6.45, 7) is 7.38. The standard InChI is InChI=1S/C19H26N4O2/c1-14-4-5-18(25-14)13-21-9-6-19-16(11-21)10-17(23(19)15(2)24)12-22-8-3-7-20-22/h3-5,7-8,16-17,19H,6,9-13H2,1-2H3/t16-,17-,19+/m1/s1. The van der Waals surface area contributed by atoms with E-state index in [1.807, 2.05) is 29.9 Å². The highest BCUT2D eigenvalue weighted by Crippen LogP contribution is 2.36. The number of rotatable bonds is 4. The molecule has 2 aliphatic rings. The summed E-state index contributed by atoms with van der Waals surface area (Å²) in [4.78, 5) is 16.9. The molecule has 2 aliphatic heterocycles. The summed E-state index contributed by atoms with van der Waals surface area (Å²) in [5.41, 5.74) is 0. The first-order valence-electron chi connectivity index (χ1n) is 9.14. The molecule has 1 amide bonds. The largest absolute Gasteiger partial charge is 0.465 e. The first-order chi connectivity index (χ1) is 12.1. The molecule has 2 saturated heterocycles. The number of furan rings is 1. The zero-order valence-corrected chi connectivity index (χ0v) is 15.0. The molecular weight excluding hydrogens is 316 g/mol. The van der Waals surface area contributed by atoms with Crippen LogP contribution in [0, 0.1) is 12.8 Å². The SMILES string of the molecule is CC(=O)N1[C@@H](Cn2cccn2)C[C@@H]2CN(Cc3ccc(C)o3)CC[C@@H]21. The summed E-state index contributed by atoms with van der Waals surface area (Å²) < 4.78 is 7.68. The minimum atomic E-state index is 0.194. The molecule has 0 aromatic carbocycles. The van der Waals surface area contributed by atoms with Gasteiger partial charge in [-0.3, -0.25) is 14.4 Å². The monoisotopic (exact) mass is 342 g/mol. The normalized spacial score (nSPS) is 26.8. The Labute approximate surface area is 148 Å². The number of amides is 1. The van der Waals surface area contributed by atoms with Crippen molar-refractivity contribution in [3.8, 4) is 0 Å². The van der Waals surface area contributed by atoms with Gasteiger partial charge in [0.15, 0.2) is 0 Å². The van der Waals surface area contributed by atoms with Gasteiger partial charge in [0.25, 0.3) is 0 Å². The van der Waals surface area contributed by atoms with Crippen molar-refractivity contribution in [2.75, 3.05) is 13.1 Å². The third-order valence-electron chi connectivity index (χ3n) is 5.60. The van der Waals surface area contributed by atoms with Gasteiger partial charge < -0.3 is 9.32 Å². The van der Waals surface area contributed by atoms with Gasteiger partial charge in [-0.15, -0.1) is 0 Å². The van der Waals surface area contributed by atoms with Crippen LogP contribution in [-0.4, -0.2) is 50.7 Å². The fourth-order valence-electron chi connectivity index (χ4n) is 4.64. The zero-order chi connectivity index (χ0) is 17.4. The van der Waals surface area contributed by atoms with Crippen molar-refractivity contribution in [2.45, 2.75) is 51.9 Å². The Morgan fingerprint density at radius 3 is 2.96 bits per heavy atom. The molecule has 0 spiro atoms. The lowest BCUT2D eigenvalue weighted by Crippen LogP contribution is -2.48. The molecule has 0 unspecified atom stereocenters. The Hall–Kier alpha value is -2.08. The number of hydrogen-bond donors (Lipinski definition) is 0. The van der Waals surface area contributed by atoms with Crippen LogP contribution in [0.15, 0.2) is 35.0 Å². The van der Waals surface area contributed by atoms with E-state index in [9.17, 15) is 4.79 Å². The molecule has 3 atom stereocenters. The minimum absolute atomic E-state index is 0.194. The lowest BCUT2D eigenvalue weighted by Gasteiger charge is -2.38. The number of nitrogens with zero attached hydrogens (tertiary/aromatic N) is 4. The zero-order valence-electron chi connectivity index (χ0n) is 15.0. The highest BCUT2D eigenvalue weighted by Gasteiger charge is 2.45. The third kappa shape index (κ3) is 3.35. The number of piperidine rings is 1. The Bertz CT molecular complexity index is 724. The average molecular weight is 342 g/mol. The van der Waals surface area contributed by atoms with Crippen molar-refractivity contribution in [3.05, 3.63) is 42.1 Å². The van der Waals surface area contributed by atoms with Crippen LogP contribution in [0.5, 0.6) is 0 Å². The molecule has 0 saturated carbocycles. The molecule has 4 rings (SSSR count). The van der Waals surface area contributed by atoms with Crippen molar-refractivity contribution in [3.63, 3.8) is 0 Å². The number of likely N-dealkylation sites (tertiary alicyclic amines) is 2. The fraction of sp³-hybridized carbons (Fsp3) is 0.579. The summed E-state index contributed by atoms with van der Waals surface area (Å²) in [6.07, 6.45) is 5.87. The van der Waals surface area contributed by atoms with Gasteiger partial charge in [-0.05, 0) is 43.9 Å². The van der Waals surface area contributed by atoms with Gasteiger partial charge in [0, 0.05) is 38.4 Å². The molecule has 134 valence electrons. The molecule has 0 radical (unpaired) electrons. The van der Waals surface area contributed by atoms with Crippen LogP contribution in [0.1, 0.15) is 31.3 Å². The van der Waals surface area contributed by atoms with Crippen molar-refractivity contribution >= 4 is 5.91 Å². The topological polar surface area (TPSA) is 54.5 Å². The first-order valence-corrected chi connectivity index (χ1v) is 9.14. The second-order valence-corrected chi connectivity index (χ2v) is 7.41. The van der Waals surface area contributed by atoms with Gasteiger partial charge in [-0.25, -0.2) is 0 Å². The van der Waals surface area contributed by atoms with Crippen LogP contribution >= 0.6 is 0 Å². The summed E-state index contributed by atoms with van der Waals surface area (Å²) in [6, 6.07) is 6.65. The van der Waals surface area contributed by atoms with Crippen LogP contribution in [0.25, 0.3) is 0 Å². The molecule has 2 aromatic heterocycles. The predicted molar refractivity (Wildman–Crippen MR) is 93.8 cm³/mol. The molecule has 4 heterocycles. The van der Waals surface area contributed by atoms with Crippen molar-refractivity contribution in [2.24, 2.45) is 5.92 Å². The smallest absolute Gasteiger partial charge is 0.220 e. The summed E-state index contributed by atoms with van der Waals surface area (Å²) in [7, 11) is 0. The summed E-state index contributed by atoms with van der Waals surface area (Å²) >= 11 is 0. The Balaban J connectivity index is 1.44. The maximum atomic E-state index is 12.3. The second-order valence-electron chi connectivity index (χ2n) is 7.41. The maximum absolute atomic E-state index is 12.3. The molecule has 0 bridgehead atoms. The van der Waals surface area contributed by atoms with Gasteiger partial charge in [-0.2, -0.15) is 5.10 Å². The first kappa shape index (κ1) is 16.4. The van der Waals surface area contributed by atoms with Crippen molar-refractivity contribution in [1.82, 2.24) is 19.6 Å². The number of hydrogen-bond acceptors (Lipinski definition) is 4. The number of aryl methyl sites for hydroxylation is 1. The number of fused-ring (bicyclic) bond motifs is 1. The van der Waals surface area contributed by atoms with Gasteiger partial charge in [-0.1, -0.05) is 0 Å². The fourth-order valence-corrected chi connectivity index (χ4v) is 4.64. The van der Waals surface area contributed by atoms with E-state index in [4.69, 9.17) is 4.42 Å². The predicted octanol–water partition coefficient (Wildman–Crippen LogP) is 2.30. The average Bonchev–Trinajstić information content (AvgIpc) is 3.27. The minimum Gasteiger partial charge on any atom is -0.465 e. The molecule has 2 aromatic rings. The van der Waals surface area contributed by atoms with E-state index in [1.54, 1.807) is 13.1 Å². The van der Waals surface area contributed by atoms with E-state index in [-0.39, 0.29) is 11.9 Å². The van der Waals surface area contributed by atoms with E-state index < -0.39 is 0 Å². The molecule has 0 aliphatic carbocycles. The van der Waals surface area contributed by atoms with E-state index in [1.165, 1.54) is 0 Å². The van der Waals surface area contributed by atoms with Gasteiger partial charge in [0.05, 0.1) is 19.1 Å². The summed E-state index contributed by atoms with van der Waals surface area (Å²) in [5, 5.41) is 4.32. The van der Waals surface area contributed by atoms with E-state index in [0.29, 0.717) is 12.0 Å². The Morgan fingerprint density at radius 1 is 1.40 bits per heavy atom. The molecule has 6 heteroatoms. The van der Waals surface area contributed by atoms with E-state index in [0.717, 1.165) is 50.5 Å². The Kier molecular flexibility index (Phi) is 4.37. The molecule has 2 fully saturated rings.